The second kappa shape index (κ2) is 12.8. The van der Waals surface area contributed by atoms with Gasteiger partial charge in [-0.1, -0.05) is 32.0 Å². The molecule has 0 saturated carbocycles. The zero-order valence-electron chi connectivity index (χ0n) is 23.4. The Hall–Kier alpha value is -3.10. The number of nitrogens with zero attached hydrogens (tertiary/aromatic N) is 3. The van der Waals surface area contributed by atoms with Crippen molar-refractivity contribution in [2.75, 3.05) is 38.5 Å². The van der Waals surface area contributed by atoms with Crippen molar-refractivity contribution in [1.29, 1.82) is 0 Å². The van der Waals surface area contributed by atoms with E-state index in [0.717, 1.165) is 22.2 Å². The number of rotatable bonds is 12. The van der Waals surface area contributed by atoms with Gasteiger partial charge in [0.25, 0.3) is 0 Å². The first-order chi connectivity index (χ1) is 19.4. The van der Waals surface area contributed by atoms with Gasteiger partial charge in [-0.3, -0.25) is 14.7 Å². The normalized spacial score (nSPS) is 16.2. The number of hydrogen-bond donors (Lipinski definition) is 2. The Morgan fingerprint density at radius 2 is 1.68 bits per heavy atom. The van der Waals surface area contributed by atoms with Gasteiger partial charge < -0.3 is 9.84 Å². The number of benzene rings is 2. The molecule has 0 aliphatic carbocycles. The summed E-state index contributed by atoms with van der Waals surface area (Å²) in [5.74, 6) is -0.699. The lowest BCUT2D eigenvalue weighted by atomic mass is 10.1. The summed E-state index contributed by atoms with van der Waals surface area (Å²) in [6.45, 7) is 6.17. The van der Waals surface area contributed by atoms with Crippen LogP contribution in [0.2, 0.25) is 0 Å². The SMILES string of the molecule is Cc1cc(COc2ccc(S(=O)(=O)NCC(C(=O)O)N3CCN(S(=O)(=O)CC(C)C)CC3)cc2)c2ccccc2n1. The number of carboxylic acid groups (broad SMARTS) is 1. The number of aryl methyl sites for hydroxylation is 1. The smallest absolute Gasteiger partial charge is 0.322 e. The lowest BCUT2D eigenvalue weighted by Gasteiger charge is -2.37. The minimum Gasteiger partial charge on any atom is -0.489 e. The number of carboxylic acids is 1. The third-order valence-electron chi connectivity index (χ3n) is 6.86. The fourth-order valence-corrected chi connectivity index (χ4v) is 7.67. The van der Waals surface area contributed by atoms with Crippen LogP contribution < -0.4 is 9.46 Å². The molecule has 2 N–H and O–H groups in total. The molecule has 1 atom stereocenters. The van der Waals surface area contributed by atoms with Crippen LogP contribution >= 0.6 is 0 Å². The summed E-state index contributed by atoms with van der Waals surface area (Å²) in [5.41, 5.74) is 2.70. The number of carbonyl (C=O) groups is 1. The Labute approximate surface area is 241 Å². The van der Waals surface area contributed by atoms with Crippen LogP contribution in [0.15, 0.2) is 59.5 Å². The van der Waals surface area contributed by atoms with Crippen molar-refractivity contribution < 1.29 is 31.5 Å². The highest BCUT2D eigenvalue weighted by atomic mass is 32.2. The molecule has 0 spiro atoms. The van der Waals surface area contributed by atoms with E-state index in [2.05, 4.69) is 9.71 Å². The molecule has 13 heteroatoms. The molecule has 0 amide bonds. The maximum Gasteiger partial charge on any atom is 0.322 e. The Bertz CT molecular complexity index is 1590. The number of ether oxygens (including phenoxy) is 1. The molecule has 1 unspecified atom stereocenters. The molecule has 1 aromatic heterocycles. The van der Waals surface area contributed by atoms with Gasteiger partial charge in [0.1, 0.15) is 18.4 Å². The minimum atomic E-state index is -4.00. The maximum absolute atomic E-state index is 12.9. The Balaban J connectivity index is 1.35. The molecule has 0 radical (unpaired) electrons. The zero-order chi connectivity index (χ0) is 29.8. The summed E-state index contributed by atoms with van der Waals surface area (Å²) in [4.78, 5) is 18.1. The summed E-state index contributed by atoms with van der Waals surface area (Å²) in [7, 11) is -7.43. The maximum atomic E-state index is 12.9. The van der Waals surface area contributed by atoms with E-state index >= 15 is 0 Å². The minimum absolute atomic E-state index is 0.0224. The second-order valence-electron chi connectivity index (χ2n) is 10.5. The average molecular weight is 605 g/mol. The first-order valence-electron chi connectivity index (χ1n) is 13.4. The van der Waals surface area contributed by atoms with E-state index < -0.39 is 32.1 Å². The molecule has 1 aliphatic rings. The zero-order valence-corrected chi connectivity index (χ0v) is 25.0. The van der Waals surface area contributed by atoms with Crippen LogP contribution in [0, 0.1) is 12.8 Å². The highest BCUT2D eigenvalue weighted by Gasteiger charge is 2.34. The summed E-state index contributed by atoms with van der Waals surface area (Å²) in [6.07, 6.45) is 0. The fourth-order valence-electron chi connectivity index (χ4n) is 4.85. The number of nitrogens with one attached hydrogen (secondary N) is 1. The second-order valence-corrected chi connectivity index (χ2v) is 14.3. The van der Waals surface area contributed by atoms with Gasteiger partial charge in [0.05, 0.1) is 16.2 Å². The predicted octanol–water partition coefficient (Wildman–Crippen LogP) is 2.46. The van der Waals surface area contributed by atoms with Gasteiger partial charge in [-0.25, -0.2) is 21.6 Å². The lowest BCUT2D eigenvalue weighted by Crippen LogP contribution is -2.57. The molecule has 11 nitrogen and oxygen atoms in total. The number of sulfonamides is 2. The topological polar surface area (TPSA) is 146 Å². The Morgan fingerprint density at radius 3 is 2.32 bits per heavy atom. The number of fused-ring (bicyclic) bond motifs is 1. The summed E-state index contributed by atoms with van der Waals surface area (Å²) < 4.78 is 60.6. The fraction of sp³-hybridized carbons (Fsp3) is 0.429. The summed E-state index contributed by atoms with van der Waals surface area (Å²) >= 11 is 0. The van der Waals surface area contributed by atoms with Crippen LogP contribution in [-0.4, -0.2) is 86.6 Å². The molecule has 2 aromatic carbocycles. The Kier molecular flexibility index (Phi) is 9.65. The van der Waals surface area contributed by atoms with Crippen LogP contribution in [-0.2, 0) is 31.4 Å². The van der Waals surface area contributed by atoms with Crippen LogP contribution in [0.1, 0.15) is 25.1 Å². The number of hydrogen-bond acceptors (Lipinski definition) is 8. The highest BCUT2D eigenvalue weighted by Crippen LogP contribution is 2.22. The molecule has 4 rings (SSSR count). The van der Waals surface area contributed by atoms with E-state index in [0.29, 0.717) is 5.75 Å². The van der Waals surface area contributed by atoms with E-state index in [-0.39, 0.29) is 55.9 Å². The first-order valence-corrected chi connectivity index (χ1v) is 16.5. The average Bonchev–Trinajstić information content (AvgIpc) is 2.91. The van der Waals surface area contributed by atoms with Crippen LogP contribution in [0.3, 0.4) is 0 Å². The monoisotopic (exact) mass is 604 g/mol. The molecule has 1 aliphatic heterocycles. The van der Waals surface area contributed by atoms with E-state index in [1.165, 1.54) is 16.4 Å². The van der Waals surface area contributed by atoms with Gasteiger partial charge in [0.2, 0.25) is 20.0 Å². The highest BCUT2D eigenvalue weighted by molar-refractivity contribution is 7.89. The van der Waals surface area contributed by atoms with Crippen LogP contribution in [0.4, 0.5) is 0 Å². The largest absolute Gasteiger partial charge is 0.489 e. The number of aliphatic carboxylic acids is 1. The van der Waals surface area contributed by atoms with E-state index in [9.17, 15) is 26.7 Å². The van der Waals surface area contributed by atoms with Crippen molar-refractivity contribution in [3.05, 3.63) is 65.9 Å². The molecule has 41 heavy (non-hydrogen) atoms. The van der Waals surface area contributed by atoms with Gasteiger partial charge in [0.15, 0.2) is 0 Å². The van der Waals surface area contributed by atoms with Crippen molar-refractivity contribution >= 4 is 36.9 Å². The van der Waals surface area contributed by atoms with Gasteiger partial charge in [-0.05, 0) is 49.2 Å². The van der Waals surface area contributed by atoms with E-state index in [1.807, 2.05) is 51.1 Å². The first kappa shape index (κ1) is 30.8. The van der Waals surface area contributed by atoms with Crippen molar-refractivity contribution in [3.8, 4) is 5.75 Å². The Morgan fingerprint density at radius 1 is 1.02 bits per heavy atom. The van der Waals surface area contributed by atoms with Gasteiger partial charge in [-0.15, -0.1) is 0 Å². The summed E-state index contributed by atoms with van der Waals surface area (Å²) in [5, 5.41) is 10.8. The molecule has 3 aromatic rings. The number of aromatic nitrogens is 1. The number of piperazine rings is 1. The number of pyridine rings is 1. The predicted molar refractivity (Wildman–Crippen MR) is 156 cm³/mol. The van der Waals surface area contributed by atoms with Crippen LogP contribution in [0.5, 0.6) is 5.75 Å². The van der Waals surface area contributed by atoms with Gasteiger partial charge >= 0.3 is 5.97 Å². The lowest BCUT2D eigenvalue weighted by molar-refractivity contribution is -0.143. The third-order valence-corrected chi connectivity index (χ3v) is 10.5. The molecular formula is C28H36N4O7S2. The molecule has 222 valence electrons. The third kappa shape index (κ3) is 7.80. The molecule has 1 saturated heterocycles. The van der Waals surface area contributed by atoms with E-state index in [4.69, 9.17) is 4.74 Å². The molecular weight excluding hydrogens is 568 g/mol. The van der Waals surface area contributed by atoms with Crippen molar-refractivity contribution in [2.45, 2.75) is 38.3 Å². The summed E-state index contributed by atoms with van der Waals surface area (Å²) in [6, 6.07) is 14.5. The van der Waals surface area contributed by atoms with Crippen molar-refractivity contribution in [3.63, 3.8) is 0 Å². The molecule has 1 fully saturated rings. The van der Waals surface area contributed by atoms with Gasteiger partial charge in [0, 0.05) is 49.4 Å². The molecule has 2 heterocycles. The number of para-hydroxylation sites is 1. The van der Waals surface area contributed by atoms with Crippen molar-refractivity contribution in [2.24, 2.45) is 5.92 Å². The van der Waals surface area contributed by atoms with E-state index in [1.54, 1.807) is 17.0 Å². The quantitative estimate of drug-likeness (QED) is 0.318. The standard InChI is InChI=1S/C28H36N4O7S2/c1-20(2)19-40(35,36)32-14-12-31(13-15-32)27(28(33)34)17-29-41(37,38)24-10-8-23(9-11-24)39-18-22-16-21(3)30-26-7-5-4-6-25(22)26/h4-11,16,20,27,29H,12-15,17-19H2,1-3H3,(H,33,34). The molecule has 0 bridgehead atoms. The van der Waals surface area contributed by atoms with Crippen LogP contribution in [0.25, 0.3) is 10.9 Å². The van der Waals surface area contributed by atoms with Crippen molar-refractivity contribution in [1.82, 2.24) is 18.9 Å². The van der Waals surface area contributed by atoms with Gasteiger partial charge in [-0.2, -0.15) is 4.31 Å².